The molecule has 1 rings (SSSR count). The molecule has 3 nitrogen and oxygen atoms in total. The molecule has 1 aromatic rings. The summed E-state index contributed by atoms with van der Waals surface area (Å²) < 4.78 is 0. The van der Waals surface area contributed by atoms with Crippen LogP contribution < -0.4 is 34.7 Å². The molecule has 0 aliphatic carbocycles. The molecule has 136 valence electrons. The zero-order valence-electron chi connectivity index (χ0n) is 16.2. The number of carbonyl (C=O) groups is 1. The fourth-order valence-corrected chi connectivity index (χ4v) is 3.11. The molecule has 0 spiro atoms. The SMILES string of the molecule is CCCCCCCCCCCCCCc1cccc(C(=O)O)c1[O-].[Na+]. The van der Waals surface area contributed by atoms with Gasteiger partial charge in [-0.25, -0.2) is 4.79 Å². The van der Waals surface area contributed by atoms with E-state index in [-0.39, 0.29) is 40.9 Å². The summed E-state index contributed by atoms with van der Waals surface area (Å²) >= 11 is 0. The molecule has 0 atom stereocenters. The first-order chi connectivity index (χ1) is 11.7. The second kappa shape index (κ2) is 15.7. The predicted octanol–water partition coefficient (Wildman–Crippen LogP) is 2.71. The number of para-hydroxylation sites is 1. The van der Waals surface area contributed by atoms with Crippen LogP contribution in [0, 0.1) is 0 Å². The molecule has 0 unspecified atom stereocenters. The van der Waals surface area contributed by atoms with Crippen LogP contribution >= 0.6 is 0 Å². The molecule has 0 bridgehead atoms. The zero-order valence-corrected chi connectivity index (χ0v) is 18.2. The number of carboxylic acids is 1. The van der Waals surface area contributed by atoms with Crippen LogP contribution in [0.4, 0.5) is 0 Å². The normalized spacial score (nSPS) is 10.4. The van der Waals surface area contributed by atoms with E-state index in [0.29, 0.717) is 12.0 Å². The third-order valence-electron chi connectivity index (χ3n) is 4.63. The molecule has 0 amide bonds. The molecule has 25 heavy (non-hydrogen) atoms. The molecular formula is C21H33NaO3. The predicted molar refractivity (Wildman–Crippen MR) is 97.6 cm³/mol. The quantitative estimate of drug-likeness (QED) is 0.412. The maximum absolute atomic E-state index is 12.0. The fraction of sp³-hybridized carbons (Fsp3) is 0.667. The van der Waals surface area contributed by atoms with E-state index in [4.69, 9.17) is 5.11 Å². The Hall–Kier alpha value is -0.510. The van der Waals surface area contributed by atoms with Gasteiger partial charge in [-0.3, -0.25) is 0 Å². The molecule has 0 aromatic heterocycles. The molecule has 0 heterocycles. The van der Waals surface area contributed by atoms with Gasteiger partial charge in [0.2, 0.25) is 0 Å². The number of aryl methyl sites for hydroxylation is 1. The van der Waals surface area contributed by atoms with Crippen molar-refractivity contribution in [3.05, 3.63) is 29.3 Å². The molecular weight excluding hydrogens is 323 g/mol. The fourth-order valence-electron chi connectivity index (χ4n) is 3.11. The largest absolute Gasteiger partial charge is 1.00 e. The van der Waals surface area contributed by atoms with Crippen LogP contribution in [-0.4, -0.2) is 11.1 Å². The second-order valence-corrected chi connectivity index (χ2v) is 6.74. The van der Waals surface area contributed by atoms with Gasteiger partial charge in [-0.2, -0.15) is 0 Å². The van der Waals surface area contributed by atoms with Crippen molar-refractivity contribution in [1.29, 1.82) is 0 Å². The first kappa shape index (κ1) is 24.5. The molecule has 0 aliphatic heterocycles. The standard InChI is InChI=1S/C21H34O3.Na/c1-2-3-4-5-6-7-8-9-10-11-12-13-15-18-16-14-17-19(20(18)22)21(23)24;/h14,16-17,22H,2-13,15H2,1H3,(H,23,24);/q;+1/p-1. The van der Waals surface area contributed by atoms with E-state index in [1.54, 1.807) is 12.1 Å². The third-order valence-corrected chi connectivity index (χ3v) is 4.63. The van der Waals surface area contributed by atoms with E-state index in [1.165, 1.54) is 70.3 Å². The van der Waals surface area contributed by atoms with Crippen molar-refractivity contribution in [3.8, 4) is 5.75 Å². The topological polar surface area (TPSA) is 60.4 Å². The average Bonchev–Trinajstić information content (AvgIpc) is 2.57. The summed E-state index contributed by atoms with van der Waals surface area (Å²) in [7, 11) is 0. The molecule has 4 heteroatoms. The minimum Gasteiger partial charge on any atom is -0.872 e. The summed E-state index contributed by atoms with van der Waals surface area (Å²) in [5, 5.41) is 20.9. The van der Waals surface area contributed by atoms with Crippen molar-refractivity contribution in [3.63, 3.8) is 0 Å². The van der Waals surface area contributed by atoms with Gasteiger partial charge in [0.05, 0.1) is 5.56 Å². The molecule has 0 radical (unpaired) electrons. The second-order valence-electron chi connectivity index (χ2n) is 6.74. The van der Waals surface area contributed by atoms with Gasteiger partial charge in [0, 0.05) is 0 Å². The van der Waals surface area contributed by atoms with Gasteiger partial charge in [-0.1, -0.05) is 101 Å². The molecule has 0 saturated heterocycles. The minimum absolute atomic E-state index is 0. The van der Waals surface area contributed by atoms with Gasteiger partial charge < -0.3 is 10.2 Å². The number of rotatable bonds is 14. The van der Waals surface area contributed by atoms with E-state index in [9.17, 15) is 9.90 Å². The summed E-state index contributed by atoms with van der Waals surface area (Å²) in [4.78, 5) is 10.9. The number of benzene rings is 1. The molecule has 0 saturated carbocycles. The van der Waals surface area contributed by atoms with Crippen LogP contribution in [0.2, 0.25) is 0 Å². The number of aromatic carboxylic acids is 1. The Morgan fingerprint density at radius 3 is 1.84 bits per heavy atom. The van der Waals surface area contributed by atoms with Crippen molar-refractivity contribution < 1.29 is 44.6 Å². The van der Waals surface area contributed by atoms with Gasteiger partial charge >= 0.3 is 35.5 Å². The zero-order chi connectivity index (χ0) is 17.6. The Bertz CT molecular complexity index is 474. The Kier molecular flexibility index (Phi) is 15.4. The molecule has 0 fully saturated rings. The average molecular weight is 356 g/mol. The van der Waals surface area contributed by atoms with Crippen molar-refractivity contribution >= 4 is 5.97 Å². The summed E-state index contributed by atoms with van der Waals surface area (Å²) in [5.41, 5.74) is 0.536. The maximum atomic E-state index is 12.0. The summed E-state index contributed by atoms with van der Waals surface area (Å²) in [6, 6.07) is 4.81. The summed E-state index contributed by atoms with van der Waals surface area (Å²) in [5.74, 6) is -1.44. The molecule has 1 N–H and O–H groups in total. The van der Waals surface area contributed by atoms with Crippen LogP contribution in [0.25, 0.3) is 0 Å². The Morgan fingerprint density at radius 1 is 0.880 bits per heavy atom. The van der Waals surface area contributed by atoms with Crippen LogP contribution in [0.15, 0.2) is 18.2 Å². The van der Waals surface area contributed by atoms with E-state index in [1.807, 2.05) is 0 Å². The van der Waals surface area contributed by atoms with Gasteiger partial charge in [-0.05, 0) is 18.9 Å². The maximum Gasteiger partial charge on any atom is 1.00 e. The minimum atomic E-state index is -1.13. The number of unbranched alkanes of at least 4 members (excludes halogenated alkanes) is 11. The van der Waals surface area contributed by atoms with Gasteiger partial charge in [0.25, 0.3) is 0 Å². The van der Waals surface area contributed by atoms with Crippen LogP contribution in [0.3, 0.4) is 0 Å². The van der Waals surface area contributed by atoms with Crippen LogP contribution in [-0.2, 0) is 6.42 Å². The Morgan fingerprint density at radius 2 is 1.36 bits per heavy atom. The number of hydrogen-bond donors (Lipinski definition) is 1. The van der Waals surface area contributed by atoms with Crippen molar-refractivity contribution in [2.24, 2.45) is 0 Å². The van der Waals surface area contributed by atoms with E-state index in [2.05, 4.69) is 6.92 Å². The van der Waals surface area contributed by atoms with E-state index < -0.39 is 5.97 Å². The van der Waals surface area contributed by atoms with E-state index >= 15 is 0 Å². The Labute approximate surface area is 175 Å². The van der Waals surface area contributed by atoms with Gasteiger partial charge in [0.1, 0.15) is 0 Å². The third kappa shape index (κ3) is 10.9. The van der Waals surface area contributed by atoms with Crippen molar-refractivity contribution in [1.82, 2.24) is 0 Å². The van der Waals surface area contributed by atoms with Gasteiger partial charge in [0.15, 0.2) is 0 Å². The monoisotopic (exact) mass is 356 g/mol. The first-order valence-corrected chi connectivity index (χ1v) is 9.69. The molecule has 1 aromatic carbocycles. The van der Waals surface area contributed by atoms with Crippen molar-refractivity contribution in [2.45, 2.75) is 90.4 Å². The number of carboxylic acid groups (broad SMARTS) is 1. The Balaban J connectivity index is 0.00000576. The van der Waals surface area contributed by atoms with Crippen molar-refractivity contribution in [2.75, 3.05) is 0 Å². The van der Waals surface area contributed by atoms with Crippen LogP contribution in [0.5, 0.6) is 5.75 Å². The smallest absolute Gasteiger partial charge is 0.872 e. The molecule has 0 aliphatic rings. The van der Waals surface area contributed by atoms with Crippen LogP contribution in [0.1, 0.15) is 99.9 Å². The summed E-state index contributed by atoms with van der Waals surface area (Å²) in [6.07, 6.45) is 16.1. The van der Waals surface area contributed by atoms with Gasteiger partial charge in [-0.15, -0.1) is 0 Å². The first-order valence-electron chi connectivity index (χ1n) is 9.69. The van der Waals surface area contributed by atoms with E-state index in [0.717, 1.165) is 12.8 Å². The summed E-state index contributed by atoms with van der Waals surface area (Å²) in [6.45, 7) is 2.25. The number of hydrogen-bond acceptors (Lipinski definition) is 2.